The number of aryl methyl sites for hydroxylation is 1. The fourth-order valence-corrected chi connectivity index (χ4v) is 2.74. The van der Waals surface area contributed by atoms with Crippen molar-refractivity contribution in [3.8, 4) is 5.69 Å². The molecule has 0 aliphatic carbocycles. The molecular formula is C18H17N3O2S. The Kier molecular flexibility index (Phi) is 4.07. The average molecular weight is 339 g/mol. The number of carbonyl (C=O) groups excluding carboxylic acids is 2. The molecule has 2 amide bonds. The number of amides is 2. The number of benzene rings is 1. The molecule has 1 fully saturated rings. The second-order valence-electron chi connectivity index (χ2n) is 5.71. The molecular weight excluding hydrogens is 322 g/mol. The Morgan fingerprint density at radius 2 is 1.54 bits per heavy atom. The zero-order valence-electron chi connectivity index (χ0n) is 13.7. The van der Waals surface area contributed by atoms with Gasteiger partial charge in [0.1, 0.15) is 5.57 Å². The summed E-state index contributed by atoms with van der Waals surface area (Å²) < 4.78 is 1.93. The smallest absolute Gasteiger partial charge is 0.265 e. The molecule has 0 N–H and O–H groups in total. The number of nitrogens with zero attached hydrogens (tertiary/aromatic N) is 3. The van der Waals surface area contributed by atoms with E-state index in [4.69, 9.17) is 12.2 Å². The van der Waals surface area contributed by atoms with Gasteiger partial charge in [0, 0.05) is 31.7 Å². The fraction of sp³-hybridized carbons (Fsp3) is 0.167. The monoisotopic (exact) mass is 339 g/mol. The van der Waals surface area contributed by atoms with Crippen molar-refractivity contribution in [3.63, 3.8) is 0 Å². The van der Waals surface area contributed by atoms with E-state index in [0.29, 0.717) is 0 Å². The van der Waals surface area contributed by atoms with Gasteiger partial charge < -0.3 is 4.57 Å². The molecule has 5 nitrogen and oxygen atoms in total. The lowest BCUT2D eigenvalue weighted by Gasteiger charge is -2.31. The molecule has 1 aliphatic heterocycles. The van der Waals surface area contributed by atoms with Gasteiger partial charge in [-0.05, 0) is 49.5 Å². The summed E-state index contributed by atoms with van der Waals surface area (Å²) in [6.45, 7) is 2.02. The number of rotatable bonds is 2. The van der Waals surface area contributed by atoms with Gasteiger partial charge in [-0.2, -0.15) is 0 Å². The third-order valence-corrected chi connectivity index (χ3v) is 4.58. The van der Waals surface area contributed by atoms with Crippen molar-refractivity contribution in [2.45, 2.75) is 6.92 Å². The molecule has 3 rings (SSSR count). The van der Waals surface area contributed by atoms with Gasteiger partial charge in [0.05, 0.1) is 0 Å². The average Bonchev–Trinajstić information content (AvgIpc) is 3.04. The van der Waals surface area contributed by atoms with Gasteiger partial charge in [-0.1, -0.05) is 17.7 Å². The van der Waals surface area contributed by atoms with Gasteiger partial charge in [0.15, 0.2) is 5.11 Å². The van der Waals surface area contributed by atoms with Crippen LogP contribution in [0.25, 0.3) is 11.8 Å². The molecule has 24 heavy (non-hydrogen) atoms. The predicted octanol–water partition coefficient (Wildman–Crippen LogP) is 2.38. The molecule has 0 bridgehead atoms. The van der Waals surface area contributed by atoms with Crippen LogP contribution in [0.1, 0.15) is 11.3 Å². The molecule has 1 saturated heterocycles. The molecule has 0 spiro atoms. The van der Waals surface area contributed by atoms with Crippen LogP contribution in [0, 0.1) is 6.92 Å². The number of likely N-dealkylation sites (N-methyl/N-ethyl adjacent to an activating group) is 2. The lowest BCUT2D eigenvalue weighted by molar-refractivity contribution is -0.132. The highest BCUT2D eigenvalue weighted by molar-refractivity contribution is 7.80. The molecule has 122 valence electrons. The third-order valence-electron chi connectivity index (χ3n) is 4.03. The lowest BCUT2D eigenvalue weighted by atomic mass is 10.1. The Bertz CT molecular complexity index is 839. The van der Waals surface area contributed by atoms with E-state index in [1.54, 1.807) is 20.2 Å². The third kappa shape index (κ3) is 2.65. The number of hydrogen-bond acceptors (Lipinski definition) is 3. The van der Waals surface area contributed by atoms with Crippen molar-refractivity contribution >= 4 is 35.2 Å². The van der Waals surface area contributed by atoms with Crippen LogP contribution in [0.3, 0.4) is 0 Å². The van der Waals surface area contributed by atoms with Crippen LogP contribution in [-0.2, 0) is 9.59 Å². The lowest BCUT2D eigenvalue weighted by Crippen LogP contribution is -2.52. The van der Waals surface area contributed by atoms with Crippen LogP contribution in [0.5, 0.6) is 0 Å². The highest BCUT2D eigenvalue weighted by Crippen LogP contribution is 2.20. The number of thiocarbonyl (C=S) groups is 1. The molecule has 0 atom stereocenters. The van der Waals surface area contributed by atoms with Crippen LogP contribution >= 0.6 is 12.2 Å². The van der Waals surface area contributed by atoms with E-state index in [1.165, 1.54) is 15.4 Å². The Hall–Kier alpha value is -2.73. The summed E-state index contributed by atoms with van der Waals surface area (Å²) in [5, 5.41) is 0.205. The zero-order chi connectivity index (χ0) is 17.4. The molecule has 1 aromatic carbocycles. The van der Waals surface area contributed by atoms with Crippen molar-refractivity contribution in [3.05, 3.63) is 59.4 Å². The van der Waals surface area contributed by atoms with Gasteiger partial charge >= 0.3 is 0 Å². The molecule has 2 heterocycles. The Labute approximate surface area is 145 Å². The minimum absolute atomic E-state index is 0.0978. The maximum absolute atomic E-state index is 12.4. The molecule has 0 saturated carbocycles. The topological polar surface area (TPSA) is 45.6 Å². The molecule has 2 aromatic rings. The predicted molar refractivity (Wildman–Crippen MR) is 96.6 cm³/mol. The van der Waals surface area contributed by atoms with Gasteiger partial charge in [0.2, 0.25) is 0 Å². The summed E-state index contributed by atoms with van der Waals surface area (Å²) in [6.07, 6.45) is 3.51. The van der Waals surface area contributed by atoms with E-state index in [1.807, 2.05) is 54.1 Å². The summed E-state index contributed by atoms with van der Waals surface area (Å²) in [7, 11) is 3.14. The minimum Gasteiger partial charge on any atom is -0.317 e. The highest BCUT2D eigenvalue weighted by Gasteiger charge is 2.35. The maximum atomic E-state index is 12.4. The standard InChI is InChI=1S/C18H17N3O2S/c1-12-6-8-13(9-7-12)21-10-4-5-14(21)11-15-16(22)19(2)18(24)20(3)17(15)23/h4-11H,1-3H3. The zero-order valence-corrected chi connectivity index (χ0v) is 14.5. The van der Waals surface area contributed by atoms with Crippen LogP contribution in [0.4, 0.5) is 0 Å². The van der Waals surface area contributed by atoms with E-state index in [-0.39, 0.29) is 22.5 Å². The van der Waals surface area contributed by atoms with E-state index >= 15 is 0 Å². The van der Waals surface area contributed by atoms with E-state index in [9.17, 15) is 9.59 Å². The Morgan fingerprint density at radius 3 is 2.12 bits per heavy atom. The van der Waals surface area contributed by atoms with Crippen molar-refractivity contribution < 1.29 is 9.59 Å². The quantitative estimate of drug-likeness (QED) is 0.479. The largest absolute Gasteiger partial charge is 0.317 e. The number of carbonyl (C=O) groups is 2. The summed E-state index contributed by atoms with van der Waals surface area (Å²) in [5.74, 6) is -0.778. The normalized spacial score (nSPS) is 15.3. The first-order valence-corrected chi connectivity index (χ1v) is 7.87. The van der Waals surface area contributed by atoms with Crippen LogP contribution in [-0.4, -0.2) is 45.4 Å². The molecule has 1 aromatic heterocycles. The van der Waals surface area contributed by atoms with Gasteiger partial charge in [-0.15, -0.1) is 0 Å². The first-order chi connectivity index (χ1) is 11.4. The second kappa shape index (κ2) is 6.05. The first-order valence-electron chi connectivity index (χ1n) is 7.46. The van der Waals surface area contributed by atoms with Gasteiger partial charge in [0.25, 0.3) is 11.8 Å². The van der Waals surface area contributed by atoms with Crippen LogP contribution in [0.2, 0.25) is 0 Å². The molecule has 6 heteroatoms. The fourth-order valence-electron chi connectivity index (χ4n) is 2.58. The van der Waals surface area contributed by atoms with E-state index < -0.39 is 0 Å². The van der Waals surface area contributed by atoms with E-state index in [0.717, 1.165) is 11.4 Å². The van der Waals surface area contributed by atoms with Crippen LogP contribution < -0.4 is 0 Å². The summed E-state index contributed by atoms with van der Waals surface area (Å²) in [6, 6.07) is 11.8. The van der Waals surface area contributed by atoms with Crippen molar-refractivity contribution in [2.24, 2.45) is 0 Å². The Morgan fingerprint density at radius 1 is 0.958 bits per heavy atom. The second-order valence-corrected chi connectivity index (χ2v) is 6.07. The molecule has 1 aliphatic rings. The molecule has 0 unspecified atom stereocenters. The summed E-state index contributed by atoms with van der Waals surface area (Å²) in [5.41, 5.74) is 2.98. The summed E-state index contributed by atoms with van der Waals surface area (Å²) >= 11 is 5.10. The SMILES string of the molecule is Cc1ccc(-n2cccc2C=C2C(=O)N(C)C(=S)N(C)C2=O)cc1. The van der Waals surface area contributed by atoms with Gasteiger partial charge in [-0.3, -0.25) is 19.4 Å². The Balaban J connectivity index is 2.05. The van der Waals surface area contributed by atoms with E-state index in [2.05, 4.69) is 0 Å². The van der Waals surface area contributed by atoms with Crippen molar-refractivity contribution in [1.82, 2.24) is 14.4 Å². The van der Waals surface area contributed by atoms with Crippen LogP contribution in [0.15, 0.2) is 48.2 Å². The number of hydrogen-bond donors (Lipinski definition) is 0. The highest BCUT2D eigenvalue weighted by atomic mass is 32.1. The van der Waals surface area contributed by atoms with Gasteiger partial charge in [-0.25, -0.2) is 0 Å². The molecule has 0 radical (unpaired) electrons. The first kappa shape index (κ1) is 16.1. The maximum Gasteiger partial charge on any atom is 0.265 e. The minimum atomic E-state index is -0.389. The summed E-state index contributed by atoms with van der Waals surface area (Å²) in [4.78, 5) is 27.5. The number of aromatic nitrogens is 1. The van der Waals surface area contributed by atoms with Crippen molar-refractivity contribution in [2.75, 3.05) is 14.1 Å². The van der Waals surface area contributed by atoms with Crippen molar-refractivity contribution in [1.29, 1.82) is 0 Å².